The molecule has 152 valence electrons. The molecule has 7 heteroatoms. The van der Waals surface area contributed by atoms with Crippen molar-refractivity contribution in [2.45, 2.75) is 40.0 Å². The molecule has 1 aromatic heterocycles. The van der Waals surface area contributed by atoms with Crippen LogP contribution >= 0.6 is 23.2 Å². The molecular weight excluding hydrogens is 409 g/mol. The number of amides is 1. The number of benzene rings is 2. The van der Waals surface area contributed by atoms with Gasteiger partial charge in [-0.3, -0.25) is 9.48 Å². The van der Waals surface area contributed by atoms with Gasteiger partial charge < -0.3 is 10.1 Å². The first-order valence-electron chi connectivity index (χ1n) is 9.31. The predicted molar refractivity (Wildman–Crippen MR) is 116 cm³/mol. The van der Waals surface area contributed by atoms with E-state index in [9.17, 15) is 4.79 Å². The highest BCUT2D eigenvalue weighted by Crippen LogP contribution is 2.28. The average Bonchev–Trinajstić information content (AvgIpc) is 2.95. The predicted octanol–water partition coefficient (Wildman–Crippen LogP) is 4.94. The van der Waals surface area contributed by atoms with E-state index in [2.05, 4.69) is 22.5 Å². The van der Waals surface area contributed by atoms with Crippen molar-refractivity contribution >= 4 is 29.1 Å². The monoisotopic (exact) mass is 431 g/mol. The standard InChI is InChI=1S/C22H23Cl2N3O2/c1-14-19(15(2)27(26-14)13-17-7-5-4-6-8-17)12-25-22(28)16(3)29-21-10-9-18(23)11-20(21)24/h4-11,16H,12-13H2,1-3H3,(H,25,28)/t16-/m0/s1. The Labute approximate surface area is 180 Å². The maximum Gasteiger partial charge on any atom is 0.261 e. The highest BCUT2D eigenvalue weighted by atomic mass is 35.5. The second kappa shape index (κ2) is 9.33. The van der Waals surface area contributed by atoms with E-state index in [0.29, 0.717) is 28.9 Å². The number of aromatic nitrogens is 2. The summed E-state index contributed by atoms with van der Waals surface area (Å²) in [5.74, 6) is 0.187. The summed E-state index contributed by atoms with van der Waals surface area (Å²) in [5.41, 5.74) is 4.11. The Hall–Kier alpha value is -2.50. The first-order valence-corrected chi connectivity index (χ1v) is 10.1. The molecule has 0 bridgehead atoms. The second-order valence-corrected chi connectivity index (χ2v) is 7.69. The van der Waals surface area contributed by atoms with Gasteiger partial charge in [-0.2, -0.15) is 5.10 Å². The van der Waals surface area contributed by atoms with Crippen molar-refractivity contribution in [2.24, 2.45) is 0 Å². The molecular formula is C22H23Cl2N3O2. The fourth-order valence-electron chi connectivity index (χ4n) is 3.03. The topological polar surface area (TPSA) is 56.2 Å². The third-order valence-electron chi connectivity index (χ3n) is 4.71. The normalized spacial score (nSPS) is 11.9. The van der Waals surface area contributed by atoms with Crippen molar-refractivity contribution < 1.29 is 9.53 Å². The Bertz CT molecular complexity index is 1000. The summed E-state index contributed by atoms with van der Waals surface area (Å²) in [5, 5.41) is 8.42. The maximum atomic E-state index is 12.5. The number of carbonyl (C=O) groups excluding carboxylic acids is 1. The Kier molecular flexibility index (Phi) is 6.83. The van der Waals surface area contributed by atoms with Gasteiger partial charge in [0.05, 0.1) is 17.3 Å². The summed E-state index contributed by atoms with van der Waals surface area (Å²) < 4.78 is 7.63. The van der Waals surface area contributed by atoms with Crippen LogP contribution in [0.25, 0.3) is 0 Å². The van der Waals surface area contributed by atoms with E-state index in [4.69, 9.17) is 27.9 Å². The minimum Gasteiger partial charge on any atom is -0.479 e. The molecule has 0 aliphatic carbocycles. The number of rotatable bonds is 7. The van der Waals surface area contributed by atoms with Gasteiger partial charge in [-0.05, 0) is 44.5 Å². The molecule has 0 spiro atoms. The van der Waals surface area contributed by atoms with Gasteiger partial charge in [0.15, 0.2) is 6.10 Å². The van der Waals surface area contributed by atoms with Crippen LogP contribution in [-0.4, -0.2) is 21.8 Å². The molecule has 0 saturated heterocycles. The summed E-state index contributed by atoms with van der Waals surface area (Å²) in [6.45, 7) is 6.71. The molecule has 1 amide bonds. The molecule has 3 rings (SSSR count). The number of hydrogen-bond donors (Lipinski definition) is 1. The summed E-state index contributed by atoms with van der Waals surface area (Å²) in [6.07, 6.45) is -0.700. The van der Waals surface area contributed by atoms with Crippen LogP contribution in [0.1, 0.15) is 29.4 Å². The highest BCUT2D eigenvalue weighted by Gasteiger charge is 2.18. The van der Waals surface area contributed by atoms with Gasteiger partial charge in [0.2, 0.25) is 0 Å². The fraction of sp³-hybridized carbons (Fsp3) is 0.273. The second-order valence-electron chi connectivity index (χ2n) is 6.85. The molecule has 0 radical (unpaired) electrons. The summed E-state index contributed by atoms with van der Waals surface area (Å²) >= 11 is 12.0. The van der Waals surface area contributed by atoms with Gasteiger partial charge in [-0.25, -0.2) is 0 Å². The number of carbonyl (C=O) groups is 1. The number of hydrogen-bond acceptors (Lipinski definition) is 3. The summed E-state index contributed by atoms with van der Waals surface area (Å²) in [7, 11) is 0. The number of nitrogens with zero attached hydrogens (tertiary/aromatic N) is 2. The van der Waals surface area contributed by atoms with Crippen molar-refractivity contribution in [3.8, 4) is 5.75 Å². The van der Waals surface area contributed by atoms with Crippen LogP contribution in [0.4, 0.5) is 0 Å². The molecule has 1 heterocycles. The van der Waals surface area contributed by atoms with Crippen LogP contribution < -0.4 is 10.1 Å². The molecule has 0 aliphatic heterocycles. The molecule has 2 aromatic carbocycles. The molecule has 5 nitrogen and oxygen atoms in total. The lowest BCUT2D eigenvalue weighted by Crippen LogP contribution is -2.36. The molecule has 1 atom stereocenters. The van der Waals surface area contributed by atoms with E-state index >= 15 is 0 Å². The van der Waals surface area contributed by atoms with Gasteiger partial charge in [0.1, 0.15) is 5.75 Å². The van der Waals surface area contributed by atoms with E-state index in [1.54, 1.807) is 25.1 Å². The Morgan fingerprint density at radius 3 is 2.59 bits per heavy atom. The highest BCUT2D eigenvalue weighted by molar-refractivity contribution is 6.35. The van der Waals surface area contributed by atoms with Crippen molar-refractivity contribution in [2.75, 3.05) is 0 Å². The van der Waals surface area contributed by atoms with Crippen LogP contribution in [-0.2, 0) is 17.9 Å². The van der Waals surface area contributed by atoms with Crippen molar-refractivity contribution in [1.82, 2.24) is 15.1 Å². The van der Waals surface area contributed by atoms with Gasteiger partial charge in [-0.1, -0.05) is 53.5 Å². The van der Waals surface area contributed by atoms with Crippen molar-refractivity contribution in [3.05, 3.63) is 81.1 Å². The molecule has 0 fully saturated rings. The molecule has 0 saturated carbocycles. The van der Waals surface area contributed by atoms with Gasteiger partial charge in [0, 0.05) is 22.8 Å². The SMILES string of the molecule is Cc1nn(Cc2ccccc2)c(C)c1CNC(=O)[C@H](C)Oc1ccc(Cl)cc1Cl. The van der Waals surface area contributed by atoms with Gasteiger partial charge >= 0.3 is 0 Å². The van der Waals surface area contributed by atoms with Gasteiger partial charge in [0.25, 0.3) is 5.91 Å². The zero-order valence-electron chi connectivity index (χ0n) is 16.6. The van der Waals surface area contributed by atoms with E-state index in [1.807, 2.05) is 36.7 Å². The lowest BCUT2D eigenvalue weighted by atomic mass is 10.2. The molecule has 0 unspecified atom stereocenters. The van der Waals surface area contributed by atoms with E-state index in [1.165, 1.54) is 5.56 Å². The first kappa shape index (κ1) is 21.2. The van der Waals surface area contributed by atoms with E-state index < -0.39 is 6.10 Å². The molecule has 29 heavy (non-hydrogen) atoms. The maximum absolute atomic E-state index is 12.5. The zero-order chi connectivity index (χ0) is 21.0. The average molecular weight is 432 g/mol. The zero-order valence-corrected chi connectivity index (χ0v) is 18.1. The van der Waals surface area contributed by atoms with E-state index in [0.717, 1.165) is 17.0 Å². The molecule has 3 aromatic rings. The summed E-state index contributed by atoms with van der Waals surface area (Å²) in [4.78, 5) is 12.5. The Balaban J connectivity index is 1.62. The van der Waals surface area contributed by atoms with Crippen molar-refractivity contribution in [3.63, 3.8) is 0 Å². The smallest absolute Gasteiger partial charge is 0.261 e. The van der Waals surface area contributed by atoms with Crippen molar-refractivity contribution in [1.29, 1.82) is 0 Å². The lowest BCUT2D eigenvalue weighted by molar-refractivity contribution is -0.127. The number of aryl methyl sites for hydroxylation is 1. The lowest BCUT2D eigenvalue weighted by Gasteiger charge is -2.16. The van der Waals surface area contributed by atoms with E-state index in [-0.39, 0.29) is 5.91 Å². The van der Waals surface area contributed by atoms with Gasteiger partial charge in [-0.15, -0.1) is 0 Å². The number of ether oxygens (including phenoxy) is 1. The quantitative estimate of drug-likeness (QED) is 0.576. The first-order chi connectivity index (χ1) is 13.8. The Morgan fingerprint density at radius 2 is 1.90 bits per heavy atom. The van der Waals surface area contributed by atoms with Crippen LogP contribution in [0.3, 0.4) is 0 Å². The summed E-state index contributed by atoms with van der Waals surface area (Å²) in [6, 6.07) is 15.0. The molecule has 0 aliphatic rings. The third-order valence-corrected chi connectivity index (χ3v) is 5.24. The van der Waals surface area contributed by atoms with Crippen LogP contribution in [0.5, 0.6) is 5.75 Å². The van der Waals surface area contributed by atoms with Crippen LogP contribution in [0, 0.1) is 13.8 Å². The largest absolute Gasteiger partial charge is 0.479 e. The number of halogens is 2. The Morgan fingerprint density at radius 1 is 1.17 bits per heavy atom. The minimum atomic E-state index is -0.700. The third kappa shape index (κ3) is 5.31. The fourth-order valence-corrected chi connectivity index (χ4v) is 3.49. The molecule has 1 N–H and O–H groups in total. The van der Waals surface area contributed by atoms with Crippen LogP contribution in [0.2, 0.25) is 10.0 Å². The minimum absolute atomic E-state index is 0.231. The number of nitrogens with one attached hydrogen (secondary N) is 1. The van der Waals surface area contributed by atoms with Crippen LogP contribution in [0.15, 0.2) is 48.5 Å².